The van der Waals surface area contributed by atoms with Crippen molar-refractivity contribution in [2.24, 2.45) is 10.2 Å². The van der Waals surface area contributed by atoms with Crippen LogP contribution >= 0.6 is 0 Å². The van der Waals surface area contributed by atoms with Crippen molar-refractivity contribution in [1.82, 2.24) is 0 Å². The van der Waals surface area contributed by atoms with E-state index in [1.54, 1.807) is 73.1 Å². The summed E-state index contributed by atoms with van der Waals surface area (Å²) in [5.74, 6) is 0.171. The number of nitrogens with zero attached hydrogens (tertiary/aromatic N) is 3. The van der Waals surface area contributed by atoms with Gasteiger partial charge in [0.05, 0.1) is 42.8 Å². The van der Waals surface area contributed by atoms with Crippen LogP contribution in [0.15, 0.2) is 89.6 Å². The molecule has 0 spiro atoms. The van der Waals surface area contributed by atoms with Crippen LogP contribution in [-0.4, -0.2) is 37.6 Å². The van der Waals surface area contributed by atoms with Crippen molar-refractivity contribution in [2.75, 3.05) is 13.2 Å². The molecular weight excluding hydrogens is 482 g/mol. The van der Waals surface area contributed by atoms with Gasteiger partial charge in [0.1, 0.15) is 11.5 Å². The summed E-state index contributed by atoms with van der Waals surface area (Å²) in [6, 6.07) is 21.1. The molecule has 0 heterocycles. The molecule has 0 aromatic heterocycles. The van der Waals surface area contributed by atoms with E-state index < -0.39 is 11.9 Å². The monoisotopic (exact) mass is 509 g/mol. The highest BCUT2D eigenvalue weighted by molar-refractivity contribution is 5.91. The fourth-order valence-corrected chi connectivity index (χ4v) is 3.18. The summed E-state index contributed by atoms with van der Waals surface area (Å²) in [4.78, 5) is 23.6. The molecule has 0 amide bonds. The number of benzene rings is 3. The maximum absolute atomic E-state index is 12.6. The highest BCUT2D eigenvalue weighted by Crippen LogP contribution is 2.21. The lowest BCUT2D eigenvalue weighted by Gasteiger charge is -2.09. The van der Waals surface area contributed by atoms with Crippen molar-refractivity contribution in [2.45, 2.75) is 19.8 Å². The first-order chi connectivity index (χ1) is 18.5. The Bertz CT molecular complexity index is 1350. The first kappa shape index (κ1) is 27.6. The second kappa shape index (κ2) is 14.5. The van der Waals surface area contributed by atoms with Crippen LogP contribution in [0.3, 0.4) is 0 Å². The molecule has 3 aromatic rings. The summed E-state index contributed by atoms with van der Waals surface area (Å²) in [6.45, 7) is 5.97. The van der Waals surface area contributed by atoms with Crippen LogP contribution in [0.5, 0.6) is 11.5 Å². The molecule has 8 nitrogen and oxygen atoms in total. The molecule has 192 valence electrons. The van der Waals surface area contributed by atoms with Crippen molar-refractivity contribution < 1.29 is 23.8 Å². The van der Waals surface area contributed by atoms with Gasteiger partial charge in [-0.25, -0.2) is 9.59 Å². The fourth-order valence-electron chi connectivity index (χ4n) is 3.18. The van der Waals surface area contributed by atoms with E-state index in [0.29, 0.717) is 42.3 Å². The summed E-state index contributed by atoms with van der Waals surface area (Å²) in [7, 11) is 0. The van der Waals surface area contributed by atoms with E-state index in [9.17, 15) is 9.59 Å². The third-order valence-electron chi connectivity index (χ3n) is 5.23. The molecule has 0 saturated carbocycles. The summed E-state index contributed by atoms with van der Waals surface area (Å²) < 4.78 is 16.1. The SMILES string of the molecule is C=CC(=O)OCCCCOc1ccc(C(=O)Oc2ccc(/C=N/N=C/c3ccc(C#N)cc3)cc2C)cc1. The molecule has 0 fully saturated rings. The number of carbonyl (C=O) groups excluding carboxylic acids is 2. The zero-order valence-electron chi connectivity index (χ0n) is 21.0. The van der Waals surface area contributed by atoms with Gasteiger partial charge in [0.2, 0.25) is 0 Å². The van der Waals surface area contributed by atoms with Crippen molar-refractivity contribution in [1.29, 1.82) is 5.26 Å². The van der Waals surface area contributed by atoms with Crippen molar-refractivity contribution in [3.63, 3.8) is 0 Å². The topological polar surface area (TPSA) is 110 Å². The summed E-state index contributed by atoms with van der Waals surface area (Å²) >= 11 is 0. The average molecular weight is 510 g/mol. The summed E-state index contributed by atoms with van der Waals surface area (Å²) in [6.07, 6.45) is 5.73. The highest BCUT2D eigenvalue weighted by Gasteiger charge is 2.11. The van der Waals surface area contributed by atoms with Crippen LogP contribution in [0.2, 0.25) is 0 Å². The number of nitriles is 1. The standard InChI is InChI=1S/C30H27N3O5/c1-3-29(34)37-17-5-4-16-36-27-13-11-26(12-14-27)30(35)38-28-15-10-25(18-22(28)2)21-33-32-20-24-8-6-23(19-31)7-9-24/h3,6-15,18,20-21H,1,4-5,16-17H2,2H3/b32-20+,33-21+. The molecule has 0 saturated heterocycles. The largest absolute Gasteiger partial charge is 0.494 e. The lowest BCUT2D eigenvalue weighted by Crippen LogP contribution is -2.09. The number of aryl methyl sites for hydroxylation is 1. The zero-order chi connectivity index (χ0) is 27.2. The van der Waals surface area contributed by atoms with Crippen LogP contribution < -0.4 is 9.47 Å². The average Bonchev–Trinajstić information content (AvgIpc) is 2.94. The van der Waals surface area contributed by atoms with E-state index in [2.05, 4.69) is 22.9 Å². The Morgan fingerprint density at radius 3 is 2.24 bits per heavy atom. The number of hydrogen-bond acceptors (Lipinski definition) is 8. The van der Waals surface area contributed by atoms with Crippen molar-refractivity contribution in [3.05, 3.63) is 107 Å². The predicted octanol–water partition coefficient (Wildman–Crippen LogP) is 5.43. The Morgan fingerprint density at radius 1 is 0.921 bits per heavy atom. The molecule has 0 atom stereocenters. The van der Waals surface area contributed by atoms with Gasteiger partial charge in [0, 0.05) is 6.08 Å². The van der Waals surface area contributed by atoms with E-state index in [-0.39, 0.29) is 0 Å². The number of unbranched alkanes of at least 4 members (excludes halogenated alkanes) is 1. The molecule has 0 aliphatic rings. The van der Waals surface area contributed by atoms with Gasteiger partial charge in [-0.2, -0.15) is 15.5 Å². The zero-order valence-corrected chi connectivity index (χ0v) is 21.0. The van der Waals surface area contributed by atoms with Gasteiger partial charge >= 0.3 is 11.9 Å². The first-order valence-electron chi connectivity index (χ1n) is 11.9. The van der Waals surface area contributed by atoms with Crippen LogP contribution in [0.25, 0.3) is 0 Å². The van der Waals surface area contributed by atoms with E-state index in [1.807, 2.05) is 13.0 Å². The van der Waals surface area contributed by atoms with Crippen LogP contribution in [0, 0.1) is 18.3 Å². The Morgan fingerprint density at radius 2 is 1.58 bits per heavy atom. The molecule has 0 aliphatic carbocycles. The Kier molecular flexibility index (Phi) is 10.5. The number of esters is 2. The second-order valence-electron chi connectivity index (χ2n) is 8.09. The maximum Gasteiger partial charge on any atom is 0.343 e. The number of hydrogen-bond donors (Lipinski definition) is 0. The number of rotatable bonds is 12. The second-order valence-corrected chi connectivity index (χ2v) is 8.09. The third kappa shape index (κ3) is 8.88. The Hall–Kier alpha value is -5.03. The van der Waals surface area contributed by atoms with Crippen molar-refractivity contribution in [3.8, 4) is 17.6 Å². The van der Waals surface area contributed by atoms with E-state index >= 15 is 0 Å². The minimum absolute atomic E-state index is 0.319. The van der Waals surface area contributed by atoms with Gasteiger partial charge in [-0.15, -0.1) is 0 Å². The molecule has 0 bridgehead atoms. The first-order valence-corrected chi connectivity index (χ1v) is 11.9. The minimum Gasteiger partial charge on any atom is -0.494 e. The lowest BCUT2D eigenvalue weighted by molar-refractivity contribution is -0.137. The van der Waals surface area contributed by atoms with Crippen LogP contribution in [0.4, 0.5) is 0 Å². The molecule has 8 heteroatoms. The normalized spacial score (nSPS) is 10.7. The van der Waals surface area contributed by atoms with Gasteiger partial charge < -0.3 is 14.2 Å². The molecule has 0 N–H and O–H groups in total. The Balaban J connectivity index is 1.46. The summed E-state index contributed by atoms with van der Waals surface area (Å²) in [5, 5.41) is 16.9. The highest BCUT2D eigenvalue weighted by atomic mass is 16.5. The minimum atomic E-state index is -0.475. The predicted molar refractivity (Wildman–Crippen MR) is 145 cm³/mol. The molecule has 0 aliphatic heterocycles. The number of ether oxygens (including phenoxy) is 3. The van der Waals surface area contributed by atoms with Gasteiger partial charge in [-0.1, -0.05) is 18.7 Å². The van der Waals surface area contributed by atoms with E-state index in [4.69, 9.17) is 19.5 Å². The fraction of sp³-hybridized carbons (Fsp3) is 0.167. The lowest BCUT2D eigenvalue weighted by atomic mass is 10.1. The molecule has 0 radical (unpaired) electrons. The molecular formula is C30H27N3O5. The molecule has 3 aromatic carbocycles. The Labute approximate surface area is 221 Å². The van der Waals surface area contributed by atoms with Crippen LogP contribution in [0.1, 0.15) is 45.5 Å². The van der Waals surface area contributed by atoms with E-state index in [0.717, 1.165) is 29.2 Å². The molecule has 38 heavy (non-hydrogen) atoms. The number of carbonyl (C=O) groups is 2. The van der Waals surface area contributed by atoms with E-state index in [1.165, 1.54) is 0 Å². The molecule has 0 unspecified atom stereocenters. The molecule has 3 rings (SSSR count). The summed E-state index contributed by atoms with van der Waals surface area (Å²) in [5.41, 5.74) is 3.40. The van der Waals surface area contributed by atoms with Crippen molar-refractivity contribution >= 4 is 24.4 Å². The van der Waals surface area contributed by atoms with Gasteiger partial charge in [-0.05, 0) is 91.1 Å². The van der Waals surface area contributed by atoms with Gasteiger partial charge in [0.15, 0.2) is 0 Å². The maximum atomic E-state index is 12.6. The quantitative estimate of drug-likeness (QED) is 0.0804. The van der Waals surface area contributed by atoms with Gasteiger partial charge in [-0.3, -0.25) is 0 Å². The smallest absolute Gasteiger partial charge is 0.343 e. The van der Waals surface area contributed by atoms with Gasteiger partial charge in [0.25, 0.3) is 0 Å². The third-order valence-corrected chi connectivity index (χ3v) is 5.23. The van der Waals surface area contributed by atoms with Crippen LogP contribution in [-0.2, 0) is 9.53 Å².